The van der Waals surface area contributed by atoms with Gasteiger partial charge < -0.3 is 10.6 Å². The molecular weight excluding hydrogens is 290 g/mol. The molecule has 2 aromatic rings. The number of hydrogen-bond acceptors (Lipinski definition) is 4. The lowest BCUT2D eigenvalue weighted by atomic mass is 9.99. The zero-order chi connectivity index (χ0) is 16.2. The minimum Gasteiger partial charge on any atom is -0.361 e. The highest BCUT2D eigenvalue weighted by atomic mass is 16.6. The molecule has 1 heterocycles. The van der Waals surface area contributed by atoms with Crippen LogP contribution in [0.5, 0.6) is 0 Å². The van der Waals surface area contributed by atoms with E-state index in [1.165, 1.54) is 11.1 Å². The van der Waals surface area contributed by atoms with Gasteiger partial charge in [-0.15, -0.1) is 0 Å². The molecule has 1 aliphatic heterocycles. The Morgan fingerprint density at radius 2 is 1.96 bits per heavy atom. The zero-order valence-electron chi connectivity index (χ0n) is 13.1. The molecular formula is C18H21N3O2. The van der Waals surface area contributed by atoms with Crippen molar-refractivity contribution in [1.82, 2.24) is 0 Å². The number of nitro benzene ring substituents is 1. The average Bonchev–Trinajstić information content (AvgIpc) is 2.59. The Bertz CT molecular complexity index is 715. The van der Waals surface area contributed by atoms with Crippen molar-refractivity contribution >= 4 is 11.4 Å². The molecule has 0 bridgehead atoms. The molecule has 0 saturated heterocycles. The predicted octanol–water partition coefficient (Wildman–Crippen LogP) is 3.05. The quantitative estimate of drug-likeness (QED) is 0.680. The number of benzene rings is 2. The lowest BCUT2D eigenvalue weighted by Crippen LogP contribution is -2.30. The molecule has 0 aliphatic carbocycles. The summed E-state index contributed by atoms with van der Waals surface area (Å²) in [5.74, 6) is 0. The van der Waals surface area contributed by atoms with Crippen LogP contribution in [0.3, 0.4) is 0 Å². The molecule has 0 atom stereocenters. The van der Waals surface area contributed by atoms with E-state index in [-0.39, 0.29) is 10.6 Å². The summed E-state index contributed by atoms with van der Waals surface area (Å²) < 4.78 is 0. The smallest absolute Gasteiger partial charge is 0.292 e. The van der Waals surface area contributed by atoms with Gasteiger partial charge in [0.15, 0.2) is 0 Å². The average molecular weight is 311 g/mol. The van der Waals surface area contributed by atoms with Crippen molar-refractivity contribution in [3.8, 4) is 0 Å². The second kappa shape index (κ2) is 6.79. The molecule has 0 unspecified atom stereocenters. The minimum absolute atomic E-state index is 0.193. The van der Waals surface area contributed by atoms with E-state index < -0.39 is 0 Å². The van der Waals surface area contributed by atoms with E-state index in [0.29, 0.717) is 12.2 Å². The maximum atomic E-state index is 11.5. The van der Waals surface area contributed by atoms with Gasteiger partial charge >= 0.3 is 0 Å². The van der Waals surface area contributed by atoms with E-state index >= 15 is 0 Å². The van der Waals surface area contributed by atoms with Crippen molar-refractivity contribution in [1.29, 1.82) is 0 Å². The molecule has 2 aromatic carbocycles. The Morgan fingerprint density at radius 1 is 1.17 bits per heavy atom. The summed E-state index contributed by atoms with van der Waals surface area (Å²) in [7, 11) is 0. The van der Waals surface area contributed by atoms with Gasteiger partial charge in [-0.2, -0.15) is 0 Å². The Kier molecular flexibility index (Phi) is 4.57. The molecule has 0 radical (unpaired) electrons. The van der Waals surface area contributed by atoms with Gasteiger partial charge in [-0.1, -0.05) is 30.3 Å². The number of fused-ring (bicyclic) bond motifs is 1. The van der Waals surface area contributed by atoms with Gasteiger partial charge in [0, 0.05) is 19.2 Å². The minimum atomic E-state index is -0.276. The van der Waals surface area contributed by atoms with Crippen LogP contribution in [0.25, 0.3) is 0 Å². The maximum Gasteiger partial charge on any atom is 0.292 e. The fourth-order valence-electron chi connectivity index (χ4n) is 3.15. The fourth-order valence-corrected chi connectivity index (χ4v) is 3.15. The van der Waals surface area contributed by atoms with Crippen LogP contribution in [0.4, 0.5) is 11.4 Å². The zero-order valence-corrected chi connectivity index (χ0v) is 13.1. The van der Waals surface area contributed by atoms with Gasteiger partial charge in [0.1, 0.15) is 5.69 Å². The summed E-state index contributed by atoms with van der Waals surface area (Å²) in [6.45, 7) is 2.12. The second-order valence-corrected chi connectivity index (χ2v) is 5.91. The van der Waals surface area contributed by atoms with Crippen LogP contribution in [0.15, 0.2) is 42.5 Å². The van der Waals surface area contributed by atoms with Crippen LogP contribution in [-0.2, 0) is 19.4 Å². The van der Waals surface area contributed by atoms with Crippen LogP contribution in [0.1, 0.15) is 23.1 Å². The van der Waals surface area contributed by atoms with Crippen molar-refractivity contribution in [3.63, 3.8) is 0 Å². The summed E-state index contributed by atoms with van der Waals surface area (Å²) in [6.07, 6.45) is 2.54. The van der Waals surface area contributed by atoms with E-state index in [1.54, 1.807) is 6.07 Å². The van der Waals surface area contributed by atoms with Crippen molar-refractivity contribution in [2.24, 2.45) is 5.73 Å². The third kappa shape index (κ3) is 3.35. The van der Waals surface area contributed by atoms with E-state index in [2.05, 4.69) is 17.0 Å². The highest BCUT2D eigenvalue weighted by Crippen LogP contribution is 2.33. The molecule has 0 aromatic heterocycles. The van der Waals surface area contributed by atoms with Crippen LogP contribution < -0.4 is 10.6 Å². The van der Waals surface area contributed by atoms with Gasteiger partial charge in [-0.3, -0.25) is 10.1 Å². The van der Waals surface area contributed by atoms with Crippen molar-refractivity contribution < 1.29 is 4.92 Å². The number of nitrogens with zero attached hydrogens (tertiary/aromatic N) is 2. The number of anilines is 1. The van der Waals surface area contributed by atoms with E-state index in [0.717, 1.165) is 37.9 Å². The Balaban J connectivity index is 1.89. The summed E-state index contributed by atoms with van der Waals surface area (Å²) in [4.78, 5) is 13.3. The summed E-state index contributed by atoms with van der Waals surface area (Å²) >= 11 is 0. The molecule has 120 valence electrons. The number of aryl methyl sites for hydroxylation is 1. The van der Waals surface area contributed by atoms with Gasteiger partial charge in [-0.25, -0.2) is 0 Å². The van der Waals surface area contributed by atoms with Gasteiger partial charge in [0.05, 0.1) is 4.92 Å². The first-order valence-corrected chi connectivity index (χ1v) is 7.98. The topological polar surface area (TPSA) is 72.4 Å². The lowest BCUT2D eigenvalue weighted by Gasteiger charge is -2.30. The largest absolute Gasteiger partial charge is 0.361 e. The molecule has 3 rings (SSSR count). The third-order valence-electron chi connectivity index (χ3n) is 4.38. The number of nitrogens with two attached hydrogens (primary N) is 1. The molecule has 5 nitrogen and oxygen atoms in total. The first-order chi connectivity index (χ1) is 11.2. The van der Waals surface area contributed by atoms with E-state index in [1.807, 2.05) is 24.3 Å². The molecule has 1 aliphatic rings. The van der Waals surface area contributed by atoms with E-state index in [4.69, 9.17) is 5.73 Å². The van der Waals surface area contributed by atoms with Crippen molar-refractivity contribution in [2.75, 3.05) is 18.0 Å². The first-order valence-electron chi connectivity index (χ1n) is 7.98. The SMILES string of the molecule is NCCCc1ccc(N2CCc3ccccc3C2)c([N+](=O)[O-])c1. The van der Waals surface area contributed by atoms with E-state index in [9.17, 15) is 10.1 Å². The van der Waals surface area contributed by atoms with Crippen LogP contribution >= 0.6 is 0 Å². The molecule has 2 N–H and O–H groups in total. The lowest BCUT2D eigenvalue weighted by molar-refractivity contribution is -0.384. The maximum absolute atomic E-state index is 11.5. The highest BCUT2D eigenvalue weighted by molar-refractivity contribution is 5.65. The second-order valence-electron chi connectivity index (χ2n) is 5.91. The van der Waals surface area contributed by atoms with Crippen molar-refractivity contribution in [3.05, 3.63) is 69.3 Å². The first kappa shape index (κ1) is 15.5. The Hall–Kier alpha value is -2.40. The molecule has 0 amide bonds. The summed E-state index contributed by atoms with van der Waals surface area (Å²) in [6, 6.07) is 13.9. The predicted molar refractivity (Wildman–Crippen MR) is 91.7 cm³/mol. The summed E-state index contributed by atoms with van der Waals surface area (Å²) in [5, 5.41) is 11.5. The monoisotopic (exact) mass is 311 g/mol. The third-order valence-corrected chi connectivity index (χ3v) is 4.38. The van der Waals surface area contributed by atoms with Crippen LogP contribution in [-0.4, -0.2) is 18.0 Å². The Morgan fingerprint density at radius 3 is 2.70 bits per heavy atom. The Labute approximate surface area is 135 Å². The molecule has 0 saturated carbocycles. The highest BCUT2D eigenvalue weighted by Gasteiger charge is 2.23. The standard InChI is InChI=1S/C18H21N3O2/c19-10-3-4-14-7-8-17(18(12-14)21(22)23)20-11-9-15-5-1-2-6-16(15)13-20/h1-2,5-8,12H,3-4,9-11,13,19H2. The molecule has 23 heavy (non-hydrogen) atoms. The number of rotatable bonds is 5. The summed E-state index contributed by atoms with van der Waals surface area (Å²) in [5.41, 5.74) is 9.99. The van der Waals surface area contributed by atoms with Gasteiger partial charge in [0.25, 0.3) is 5.69 Å². The van der Waals surface area contributed by atoms with Crippen LogP contribution in [0.2, 0.25) is 0 Å². The molecule has 0 fully saturated rings. The number of hydrogen-bond donors (Lipinski definition) is 1. The number of nitro groups is 1. The van der Waals surface area contributed by atoms with Crippen LogP contribution in [0, 0.1) is 10.1 Å². The van der Waals surface area contributed by atoms with Gasteiger partial charge in [0.2, 0.25) is 0 Å². The molecule has 0 spiro atoms. The molecule has 5 heteroatoms. The fraction of sp³-hybridized carbons (Fsp3) is 0.333. The van der Waals surface area contributed by atoms with Crippen molar-refractivity contribution in [2.45, 2.75) is 25.8 Å². The van der Waals surface area contributed by atoms with Gasteiger partial charge in [-0.05, 0) is 48.6 Å². The normalized spacial score (nSPS) is 13.7.